The number of carbonyl (C=O) groups excluding carboxylic acids is 2. The normalized spacial score (nSPS) is 12.0. The number of nitrogens with zero attached hydrogens (tertiary/aromatic N) is 2. The second-order valence-corrected chi connectivity index (χ2v) is 11.6. The molecule has 3 aromatic carbocycles. The molecule has 196 valence electrons. The molecule has 0 aliphatic rings. The maximum atomic E-state index is 13.8. The number of rotatable bonds is 11. The lowest BCUT2D eigenvalue weighted by Gasteiger charge is -2.32. The minimum absolute atomic E-state index is 0.0371. The van der Waals surface area contributed by atoms with E-state index in [1.165, 1.54) is 23.1 Å². The van der Waals surface area contributed by atoms with Gasteiger partial charge in [0.1, 0.15) is 12.6 Å². The van der Waals surface area contributed by atoms with E-state index in [1.807, 2.05) is 31.2 Å². The summed E-state index contributed by atoms with van der Waals surface area (Å²) in [5, 5.41) is 3.15. The monoisotopic (exact) mass is 605 g/mol. The topological polar surface area (TPSA) is 86.8 Å². The number of amides is 2. The van der Waals surface area contributed by atoms with Gasteiger partial charge in [0, 0.05) is 22.6 Å². The second-order valence-electron chi connectivity index (χ2n) is 8.42. The Morgan fingerprint density at radius 2 is 1.70 bits per heavy atom. The summed E-state index contributed by atoms with van der Waals surface area (Å²) in [5.74, 6) is -0.843. The van der Waals surface area contributed by atoms with E-state index >= 15 is 0 Å². The van der Waals surface area contributed by atoms with Crippen molar-refractivity contribution < 1.29 is 18.0 Å². The minimum atomic E-state index is -4.12. The summed E-state index contributed by atoms with van der Waals surface area (Å²) in [5.41, 5.74) is 1.04. The first-order chi connectivity index (χ1) is 17.6. The molecule has 0 aliphatic carbocycles. The zero-order valence-electron chi connectivity index (χ0n) is 20.6. The third kappa shape index (κ3) is 7.56. The Morgan fingerprint density at radius 3 is 2.35 bits per heavy atom. The Kier molecular flexibility index (Phi) is 10.1. The van der Waals surface area contributed by atoms with Gasteiger partial charge in [0.2, 0.25) is 11.8 Å². The fourth-order valence-electron chi connectivity index (χ4n) is 3.69. The Bertz CT molecular complexity index is 1340. The predicted molar refractivity (Wildman–Crippen MR) is 150 cm³/mol. The van der Waals surface area contributed by atoms with Gasteiger partial charge < -0.3 is 10.2 Å². The SMILES string of the molecule is CCCNC(=O)[C@@H](C)N(Cc1cccc(Br)c1)C(=O)CN(c1cccc(Cl)c1)S(=O)(=O)c1ccccc1. The standard InChI is InChI=1S/C27H29BrClN3O4S/c1-3-15-30-27(34)20(2)31(18-21-9-7-10-22(28)16-21)26(33)19-32(24-12-8-11-23(29)17-24)37(35,36)25-13-5-4-6-14-25/h4-14,16-17,20H,3,15,18-19H2,1-2H3,(H,30,34)/t20-/m1/s1. The summed E-state index contributed by atoms with van der Waals surface area (Å²) in [7, 11) is -4.12. The van der Waals surface area contributed by atoms with Gasteiger partial charge in [0.15, 0.2) is 0 Å². The average molecular weight is 607 g/mol. The van der Waals surface area contributed by atoms with Crippen molar-refractivity contribution in [3.05, 3.63) is 93.9 Å². The van der Waals surface area contributed by atoms with Gasteiger partial charge in [0.25, 0.3) is 10.0 Å². The van der Waals surface area contributed by atoms with Crippen LogP contribution in [-0.2, 0) is 26.2 Å². The number of nitrogens with one attached hydrogen (secondary N) is 1. The Morgan fingerprint density at radius 1 is 1.00 bits per heavy atom. The molecule has 1 atom stereocenters. The molecule has 37 heavy (non-hydrogen) atoms. The molecule has 3 aromatic rings. The molecule has 0 aromatic heterocycles. The first-order valence-corrected chi connectivity index (χ1v) is 14.4. The second kappa shape index (κ2) is 13.1. The van der Waals surface area contributed by atoms with Gasteiger partial charge in [-0.15, -0.1) is 0 Å². The molecular formula is C27H29BrClN3O4S. The maximum absolute atomic E-state index is 13.8. The number of halogens is 2. The van der Waals surface area contributed by atoms with Crippen LogP contribution in [0.15, 0.2) is 88.2 Å². The van der Waals surface area contributed by atoms with Gasteiger partial charge in [-0.3, -0.25) is 13.9 Å². The van der Waals surface area contributed by atoms with Crippen molar-refractivity contribution in [1.82, 2.24) is 10.2 Å². The van der Waals surface area contributed by atoms with Gasteiger partial charge in [-0.1, -0.05) is 70.9 Å². The van der Waals surface area contributed by atoms with Crippen LogP contribution in [0.4, 0.5) is 5.69 Å². The van der Waals surface area contributed by atoms with Crippen molar-refractivity contribution in [3.8, 4) is 0 Å². The van der Waals surface area contributed by atoms with Crippen LogP contribution in [0.3, 0.4) is 0 Å². The van der Waals surface area contributed by atoms with Crippen molar-refractivity contribution in [2.45, 2.75) is 37.8 Å². The number of hydrogen-bond donors (Lipinski definition) is 1. The third-order valence-electron chi connectivity index (χ3n) is 5.66. The van der Waals surface area contributed by atoms with Crippen LogP contribution < -0.4 is 9.62 Å². The molecule has 0 unspecified atom stereocenters. The van der Waals surface area contributed by atoms with Crippen LogP contribution in [0.1, 0.15) is 25.8 Å². The van der Waals surface area contributed by atoms with E-state index in [0.717, 1.165) is 20.8 Å². The summed E-state index contributed by atoms with van der Waals surface area (Å²) in [6, 6.07) is 20.8. The first kappa shape index (κ1) is 28.7. The van der Waals surface area contributed by atoms with Crippen LogP contribution >= 0.6 is 27.5 Å². The average Bonchev–Trinajstić information content (AvgIpc) is 2.88. The summed E-state index contributed by atoms with van der Waals surface area (Å²) < 4.78 is 29.2. The molecule has 0 saturated carbocycles. The minimum Gasteiger partial charge on any atom is -0.354 e. The highest BCUT2D eigenvalue weighted by molar-refractivity contribution is 9.10. The van der Waals surface area contributed by atoms with E-state index in [1.54, 1.807) is 43.3 Å². The van der Waals surface area contributed by atoms with E-state index < -0.39 is 28.5 Å². The zero-order chi connectivity index (χ0) is 27.0. The molecule has 0 bridgehead atoms. The van der Waals surface area contributed by atoms with E-state index in [9.17, 15) is 18.0 Å². The highest BCUT2D eigenvalue weighted by Gasteiger charge is 2.32. The lowest BCUT2D eigenvalue weighted by atomic mass is 10.1. The number of benzene rings is 3. The van der Waals surface area contributed by atoms with Crippen molar-refractivity contribution in [2.75, 3.05) is 17.4 Å². The van der Waals surface area contributed by atoms with E-state index in [2.05, 4.69) is 21.2 Å². The molecular weight excluding hydrogens is 578 g/mol. The number of sulfonamides is 1. The van der Waals surface area contributed by atoms with Crippen LogP contribution in [0, 0.1) is 0 Å². The number of hydrogen-bond acceptors (Lipinski definition) is 4. The molecule has 2 amide bonds. The van der Waals surface area contributed by atoms with Crippen molar-refractivity contribution in [2.24, 2.45) is 0 Å². The first-order valence-electron chi connectivity index (χ1n) is 11.8. The maximum Gasteiger partial charge on any atom is 0.264 e. The molecule has 0 saturated heterocycles. The Hall–Kier alpha value is -2.88. The Labute approximate surface area is 231 Å². The van der Waals surface area contributed by atoms with Gasteiger partial charge in [-0.05, 0) is 61.4 Å². The fraction of sp³-hybridized carbons (Fsp3) is 0.259. The van der Waals surface area contributed by atoms with Crippen molar-refractivity contribution in [3.63, 3.8) is 0 Å². The summed E-state index contributed by atoms with van der Waals surface area (Å²) >= 11 is 9.61. The molecule has 0 radical (unpaired) electrons. The van der Waals surface area contributed by atoms with E-state index in [-0.39, 0.29) is 23.0 Å². The van der Waals surface area contributed by atoms with E-state index in [4.69, 9.17) is 11.6 Å². The number of anilines is 1. The van der Waals surface area contributed by atoms with Gasteiger partial charge >= 0.3 is 0 Å². The fourth-order valence-corrected chi connectivity index (χ4v) is 5.75. The summed E-state index contributed by atoms with van der Waals surface area (Å²) in [6.07, 6.45) is 0.746. The van der Waals surface area contributed by atoms with Gasteiger partial charge in [0.05, 0.1) is 10.6 Å². The molecule has 0 spiro atoms. The zero-order valence-corrected chi connectivity index (χ0v) is 23.8. The van der Waals surface area contributed by atoms with Crippen LogP contribution in [0.2, 0.25) is 5.02 Å². The predicted octanol–water partition coefficient (Wildman–Crippen LogP) is 5.24. The number of carbonyl (C=O) groups is 2. The van der Waals surface area contributed by atoms with E-state index in [0.29, 0.717) is 11.6 Å². The molecule has 7 nitrogen and oxygen atoms in total. The quantitative estimate of drug-likeness (QED) is 0.323. The summed E-state index contributed by atoms with van der Waals surface area (Å²) in [4.78, 5) is 28.1. The third-order valence-corrected chi connectivity index (χ3v) is 8.18. The molecule has 10 heteroatoms. The molecule has 0 heterocycles. The van der Waals surface area contributed by atoms with Gasteiger partial charge in [-0.2, -0.15) is 0 Å². The van der Waals surface area contributed by atoms with Crippen LogP contribution in [-0.4, -0.2) is 44.3 Å². The highest BCUT2D eigenvalue weighted by Crippen LogP contribution is 2.27. The van der Waals surface area contributed by atoms with Gasteiger partial charge in [-0.25, -0.2) is 8.42 Å². The smallest absolute Gasteiger partial charge is 0.264 e. The van der Waals surface area contributed by atoms with Crippen molar-refractivity contribution >= 4 is 55.1 Å². The molecule has 3 rings (SSSR count). The highest BCUT2D eigenvalue weighted by atomic mass is 79.9. The molecule has 0 aliphatic heterocycles. The lowest BCUT2D eigenvalue weighted by Crippen LogP contribution is -2.51. The largest absolute Gasteiger partial charge is 0.354 e. The molecule has 0 fully saturated rings. The molecule has 1 N–H and O–H groups in total. The lowest BCUT2D eigenvalue weighted by molar-refractivity contribution is -0.139. The Balaban J connectivity index is 2.01. The van der Waals surface area contributed by atoms with Crippen molar-refractivity contribution in [1.29, 1.82) is 0 Å². The summed E-state index contributed by atoms with van der Waals surface area (Å²) in [6.45, 7) is 3.65. The van der Waals surface area contributed by atoms with Crippen LogP contribution in [0.5, 0.6) is 0 Å². The van der Waals surface area contributed by atoms with Crippen LogP contribution in [0.25, 0.3) is 0 Å².